The zero-order valence-corrected chi connectivity index (χ0v) is 10.6. The molecule has 0 bridgehead atoms. The third-order valence-electron chi connectivity index (χ3n) is 2.51. The van der Waals surface area contributed by atoms with Crippen molar-refractivity contribution in [3.8, 4) is 0 Å². The number of hydrogen-bond acceptors (Lipinski definition) is 2. The number of hydrogen-bond donors (Lipinski definition) is 3. The van der Waals surface area contributed by atoms with Crippen molar-refractivity contribution in [2.75, 3.05) is 6.54 Å². The van der Waals surface area contributed by atoms with Crippen molar-refractivity contribution in [2.24, 2.45) is 5.73 Å². The van der Waals surface area contributed by atoms with Crippen molar-refractivity contribution in [2.45, 2.75) is 19.1 Å². The summed E-state index contributed by atoms with van der Waals surface area (Å²) in [6.07, 6.45) is -4.44. The van der Waals surface area contributed by atoms with Gasteiger partial charge in [-0.25, -0.2) is 4.79 Å². The molecule has 4 N–H and O–H groups in total. The molecule has 0 fully saturated rings. The summed E-state index contributed by atoms with van der Waals surface area (Å²) in [4.78, 5) is 21.8. The second kappa shape index (κ2) is 6.27. The largest absolute Gasteiger partial charge is 0.416 e. The highest BCUT2D eigenvalue weighted by atomic mass is 19.4. The van der Waals surface area contributed by atoms with Crippen LogP contribution < -0.4 is 16.4 Å². The van der Waals surface area contributed by atoms with Gasteiger partial charge >= 0.3 is 12.2 Å². The molecule has 0 radical (unpaired) electrons. The molecule has 1 atom stereocenters. The van der Waals surface area contributed by atoms with Crippen LogP contribution in [-0.4, -0.2) is 18.5 Å². The molecule has 1 aromatic rings. The minimum Gasteiger partial charge on any atom is -0.352 e. The second-order valence-corrected chi connectivity index (χ2v) is 4.13. The summed E-state index contributed by atoms with van der Waals surface area (Å²) in [5.74, 6) is -0.547. The van der Waals surface area contributed by atoms with Crippen molar-refractivity contribution in [3.05, 3.63) is 35.4 Å². The van der Waals surface area contributed by atoms with Gasteiger partial charge in [-0.3, -0.25) is 4.79 Å². The van der Waals surface area contributed by atoms with E-state index in [4.69, 9.17) is 5.73 Å². The molecule has 0 saturated heterocycles. The van der Waals surface area contributed by atoms with Crippen LogP contribution in [0.4, 0.5) is 18.0 Å². The second-order valence-electron chi connectivity index (χ2n) is 4.13. The molecule has 20 heavy (non-hydrogen) atoms. The fraction of sp³-hybridized carbons (Fsp3) is 0.333. The number of primary amides is 1. The standard InChI is InChI=1S/C12H14F3N3O2/c1-7(18-10(19)6-17-11(16)20)8-3-2-4-9(5-8)12(13,14)15/h2-5,7H,6H2,1H3,(H,18,19)(H3,16,17,20). The fourth-order valence-electron chi connectivity index (χ4n) is 1.53. The van der Waals surface area contributed by atoms with E-state index in [0.29, 0.717) is 5.56 Å². The molecule has 0 aliphatic carbocycles. The first-order chi connectivity index (χ1) is 9.20. The maximum atomic E-state index is 12.6. The van der Waals surface area contributed by atoms with E-state index in [1.165, 1.54) is 19.1 Å². The molecule has 0 saturated carbocycles. The Hall–Kier alpha value is -2.25. The summed E-state index contributed by atoms with van der Waals surface area (Å²) in [5.41, 5.74) is 4.32. The van der Waals surface area contributed by atoms with Gasteiger partial charge in [-0.2, -0.15) is 13.2 Å². The Bertz CT molecular complexity index is 503. The maximum Gasteiger partial charge on any atom is 0.416 e. The first-order valence-corrected chi connectivity index (χ1v) is 5.70. The lowest BCUT2D eigenvalue weighted by Crippen LogP contribution is -2.40. The van der Waals surface area contributed by atoms with Crippen LogP contribution >= 0.6 is 0 Å². The van der Waals surface area contributed by atoms with E-state index in [1.54, 1.807) is 0 Å². The Balaban J connectivity index is 2.70. The lowest BCUT2D eigenvalue weighted by Gasteiger charge is -2.16. The molecule has 1 rings (SSSR count). The van der Waals surface area contributed by atoms with E-state index in [1.807, 2.05) is 0 Å². The molecule has 110 valence electrons. The van der Waals surface area contributed by atoms with Gasteiger partial charge < -0.3 is 16.4 Å². The predicted octanol–water partition coefficient (Wildman–Crippen LogP) is 1.55. The van der Waals surface area contributed by atoms with Gasteiger partial charge in [0.25, 0.3) is 0 Å². The summed E-state index contributed by atoms with van der Waals surface area (Å²) in [5, 5.41) is 4.54. The highest BCUT2D eigenvalue weighted by molar-refractivity contribution is 5.83. The van der Waals surface area contributed by atoms with E-state index < -0.39 is 29.7 Å². The average molecular weight is 289 g/mol. The minimum atomic E-state index is -4.44. The Labute approximate surface area is 113 Å². The lowest BCUT2D eigenvalue weighted by molar-refractivity contribution is -0.137. The summed E-state index contributed by atoms with van der Waals surface area (Å²) < 4.78 is 37.7. The fourth-order valence-corrected chi connectivity index (χ4v) is 1.53. The molecular weight excluding hydrogens is 275 g/mol. The highest BCUT2D eigenvalue weighted by Gasteiger charge is 2.30. The van der Waals surface area contributed by atoms with Crippen LogP contribution in [0, 0.1) is 0 Å². The number of alkyl halides is 3. The Morgan fingerprint density at radius 1 is 1.35 bits per heavy atom. The summed E-state index contributed by atoms with van der Waals surface area (Å²) in [7, 11) is 0. The third kappa shape index (κ3) is 4.79. The molecule has 5 nitrogen and oxygen atoms in total. The van der Waals surface area contributed by atoms with E-state index >= 15 is 0 Å². The van der Waals surface area contributed by atoms with Crippen molar-refractivity contribution in [1.82, 2.24) is 10.6 Å². The molecule has 0 aliphatic rings. The third-order valence-corrected chi connectivity index (χ3v) is 2.51. The summed E-state index contributed by atoms with van der Waals surface area (Å²) in [6.45, 7) is 1.20. The summed E-state index contributed by atoms with van der Waals surface area (Å²) >= 11 is 0. The van der Waals surface area contributed by atoms with Gasteiger partial charge in [0.15, 0.2) is 0 Å². The normalized spacial score (nSPS) is 12.6. The monoisotopic (exact) mass is 289 g/mol. The Morgan fingerprint density at radius 3 is 2.55 bits per heavy atom. The van der Waals surface area contributed by atoms with Gasteiger partial charge in [-0.15, -0.1) is 0 Å². The van der Waals surface area contributed by atoms with E-state index in [-0.39, 0.29) is 6.54 Å². The number of rotatable bonds is 4. The van der Waals surface area contributed by atoms with Crippen LogP contribution in [0.15, 0.2) is 24.3 Å². The van der Waals surface area contributed by atoms with Crippen LogP contribution in [0.3, 0.4) is 0 Å². The maximum absolute atomic E-state index is 12.6. The first kappa shape index (κ1) is 15.8. The number of carbonyl (C=O) groups excluding carboxylic acids is 2. The van der Waals surface area contributed by atoms with Crippen LogP contribution in [0.2, 0.25) is 0 Å². The molecule has 0 aliphatic heterocycles. The van der Waals surface area contributed by atoms with Gasteiger partial charge in [0.05, 0.1) is 18.2 Å². The highest BCUT2D eigenvalue weighted by Crippen LogP contribution is 2.30. The number of carbonyl (C=O) groups is 2. The first-order valence-electron chi connectivity index (χ1n) is 5.70. The minimum absolute atomic E-state index is 0.312. The molecule has 1 aromatic carbocycles. The molecule has 0 spiro atoms. The average Bonchev–Trinajstić information content (AvgIpc) is 2.35. The molecule has 0 aromatic heterocycles. The lowest BCUT2D eigenvalue weighted by atomic mass is 10.0. The topological polar surface area (TPSA) is 84.2 Å². The van der Waals surface area contributed by atoms with Crippen LogP contribution in [0.1, 0.15) is 24.1 Å². The number of amides is 3. The Morgan fingerprint density at radius 2 is 2.00 bits per heavy atom. The van der Waals surface area contributed by atoms with Crippen molar-refractivity contribution >= 4 is 11.9 Å². The van der Waals surface area contributed by atoms with Crippen molar-refractivity contribution < 1.29 is 22.8 Å². The van der Waals surface area contributed by atoms with Gasteiger partial charge in [0, 0.05) is 0 Å². The Kier molecular flexibility index (Phi) is 4.95. The van der Waals surface area contributed by atoms with E-state index in [0.717, 1.165) is 12.1 Å². The van der Waals surface area contributed by atoms with Crippen LogP contribution in [0.5, 0.6) is 0 Å². The summed E-state index contributed by atoms with van der Waals surface area (Å²) in [6, 6.07) is 3.18. The number of benzene rings is 1. The van der Waals surface area contributed by atoms with Gasteiger partial charge in [-0.05, 0) is 24.6 Å². The predicted molar refractivity (Wildman–Crippen MR) is 65.6 cm³/mol. The zero-order chi connectivity index (χ0) is 15.3. The molecule has 8 heteroatoms. The molecule has 3 amide bonds. The quantitative estimate of drug-likeness (QED) is 0.785. The molecule has 1 unspecified atom stereocenters. The number of urea groups is 1. The SMILES string of the molecule is CC(NC(=O)CNC(N)=O)c1cccc(C(F)(F)F)c1. The van der Waals surface area contributed by atoms with E-state index in [9.17, 15) is 22.8 Å². The smallest absolute Gasteiger partial charge is 0.352 e. The molecule has 0 heterocycles. The van der Waals surface area contributed by atoms with Crippen LogP contribution in [-0.2, 0) is 11.0 Å². The zero-order valence-electron chi connectivity index (χ0n) is 10.6. The number of halogens is 3. The van der Waals surface area contributed by atoms with Gasteiger partial charge in [-0.1, -0.05) is 12.1 Å². The van der Waals surface area contributed by atoms with Crippen LogP contribution in [0.25, 0.3) is 0 Å². The van der Waals surface area contributed by atoms with Crippen molar-refractivity contribution in [1.29, 1.82) is 0 Å². The van der Waals surface area contributed by atoms with Gasteiger partial charge in [0.1, 0.15) is 0 Å². The van der Waals surface area contributed by atoms with E-state index in [2.05, 4.69) is 10.6 Å². The number of nitrogens with one attached hydrogen (secondary N) is 2. The molecular formula is C12H14F3N3O2. The van der Waals surface area contributed by atoms with Gasteiger partial charge in [0.2, 0.25) is 5.91 Å². The number of nitrogens with two attached hydrogens (primary N) is 1. The van der Waals surface area contributed by atoms with Crippen molar-refractivity contribution in [3.63, 3.8) is 0 Å².